The quantitative estimate of drug-likeness (QED) is 0.614. The first-order chi connectivity index (χ1) is 10.7. The van der Waals surface area contributed by atoms with Gasteiger partial charge in [0.2, 0.25) is 10.0 Å². The minimum absolute atomic E-state index is 0.0210. The highest BCUT2D eigenvalue weighted by Gasteiger charge is 2.18. The summed E-state index contributed by atoms with van der Waals surface area (Å²) in [5, 5.41) is 19.6. The first-order valence-electron chi connectivity index (χ1n) is 6.17. The SMILES string of the molecule is NS(=O)(=O)c1ccc([N+](=O)[O-])cc1NCc1ccc(Cl)cc1Cl. The van der Waals surface area contributed by atoms with Gasteiger partial charge in [0, 0.05) is 28.7 Å². The molecule has 0 unspecified atom stereocenters. The number of nitro groups is 1. The second-order valence-corrected chi connectivity index (χ2v) is 6.95. The second-order valence-electron chi connectivity index (χ2n) is 4.57. The molecule has 0 fully saturated rings. The highest BCUT2D eigenvalue weighted by Crippen LogP contribution is 2.27. The summed E-state index contributed by atoms with van der Waals surface area (Å²) in [5.74, 6) is 0. The number of primary sulfonamides is 1. The summed E-state index contributed by atoms with van der Waals surface area (Å²) in [6.07, 6.45) is 0. The van der Waals surface area contributed by atoms with E-state index in [2.05, 4.69) is 5.32 Å². The lowest BCUT2D eigenvalue weighted by Crippen LogP contribution is -2.15. The number of nitro benzene ring substituents is 1. The van der Waals surface area contributed by atoms with Crippen molar-refractivity contribution in [1.29, 1.82) is 0 Å². The highest BCUT2D eigenvalue weighted by molar-refractivity contribution is 7.89. The summed E-state index contributed by atoms with van der Waals surface area (Å²) in [4.78, 5) is 9.97. The Labute approximate surface area is 142 Å². The van der Waals surface area contributed by atoms with Crippen molar-refractivity contribution in [3.05, 3.63) is 62.1 Å². The van der Waals surface area contributed by atoms with Gasteiger partial charge in [0.05, 0.1) is 10.6 Å². The predicted molar refractivity (Wildman–Crippen MR) is 88.3 cm³/mol. The van der Waals surface area contributed by atoms with Crippen LogP contribution in [0.2, 0.25) is 10.0 Å². The van der Waals surface area contributed by atoms with Crippen LogP contribution in [0.1, 0.15) is 5.56 Å². The zero-order chi connectivity index (χ0) is 17.2. The molecule has 23 heavy (non-hydrogen) atoms. The van der Waals surface area contributed by atoms with Crippen LogP contribution in [-0.4, -0.2) is 13.3 Å². The third kappa shape index (κ3) is 4.32. The number of nitrogens with two attached hydrogens (primary N) is 1. The van der Waals surface area contributed by atoms with Gasteiger partial charge in [-0.15, -0.1) is 0 Å². The van der Waals surface area contributed by atoms with Gasteiger partial charge in [-0.05, 0) is 23.8 Å². The van der Waals surface area contributed by atoms with Crippen molar-refractivity contribution in [2.75, 3.05) is 5.32 Å². The van der Waals surface area contributed by atoms with Crippen LogP contribution in [0.4, 0.5) is 11.4 Å². The largest absolute Gasteiger partial charge is 0.380 e. The third-order valence-electron chi connectivity index (χ3n) is 2.96. The van der Waals surface area contributed by atoms with Crippen LogP contribution in [-0.2, 0) is 16.6 Å². The number of hydrogen-bond acceptors (Lipinski definition) is 5. The molecule has 0 aliphatic heterocycles. The Bertz CT molecular complexity index is 872. The van der Waals surface area contributed by atoms with Crippen LogP contribution in [0, 0.1) is 10.1 Å². The molecule has 0 radical (unpaired) electrons. The van der Waals surface area contributed by atoms with Gasteiger partial charge in [-0.2, -0.15) is 0 Å². The highest BCUT2D eigenvalue weighted by atomic mass is 35.5. The van der Waals surface area contributed by atoms with Gasteiger partial charge >= 0.3 is 0 Å². The van der Waals surface area contributed by atoms with E-state index in [1.807, 2.05) is 0 Å². The van der Waals surface area contributed by atoms with E-state index in [4.69, 9.17) is 28.3 Å². The topological polar surface area (TPSA) is 115 Å². The molecule has 3 N–H and O–H groups in total. The normalized spacial score (nSPS) is 11.3. The lowest BCUT2D eigenvalue weighted by Gasteiger charge is -2.12. The molecule has 7 nitrogen and oxygen atoms in total. The van der Waals surface area contributed by atoms with Crippen molar-refractivity contribution in [2.24, 2.45) is 5.14 Å². The van der Waals surface area contributed by atoms with Crippen LogP contribution in [0.15, 0.2) is 41.3 Å². The Morgan fingerprint density at radius 2 is 1.87 bits per heavy atom. The Hall–Kier alpha value is -1.87. The molecule has 0 bridgehead atoms. The molecule has 2 rings (SSSR count). The van der Waals surface area contributed by atoms with Gasteiger partial charge in [-0.1, -0.05) is 29.3 Å². The molecular formula is C13H11Cl2N3O4S. The molecular weight excluding hydrogens is 365 g/mol. The van der Waals surface area contributed by atoms with Gasteiger partial charge in [0.25, 0.3) is 5.69 Å². The molecule has 122 valence electrons. The minimum Gasteiger partial charge on any atom is -0.380 e. The maximum absolute atomic E-state index is 11.6. The number of non-ortho nitro benzene ring substituents is 1. The standard InChI is InChI=1S/C13H11Cl2N3O4S/c14-9-2-1-8(11(15)5-9)7-17-12-6-10(18(19)20)3-4-13(12)23(16,21)22/h1-6,17H,7H2,(H2,16,21,22). The number of halogens is 2. The van der Waals surface area contributed by atoms with Gasteiger partial charge < -0.3 is 5.32 Å². The maximum atomic E-state index is 11.6. The number of nitrogens with zero attached hydrogens (tertiary/aromatic N) is 1. The second kappa shape index (κ2) is 6.71. The number of rotatable bonds is 5. The van der Waals surface area contributed by atoms with E-state index in [-0.39, 0.29) is 22.8 Å². The van der Waals surface area contributed by atoms with Crippen molar-refractivity contribution in [1.82, 2.24) is 0 Å². The van der Waals surface area contributed by atoms with E-state index >= 15 is 0 Å². The molecule has 0 amide bonds. The molecule has 0 spiro atoms. The summed E-state index contributed by atoms with van der Waals surface area (Å²) in [7, 11) is -4.04. The first kappa shape index (κ1) is 17.5. The number of sulfonamides is 1. The van der Waals surface area contributed by atoms with E-state index in [9.17, 15) is 18.5 Å². The Kier molecular flexibility index (Phi) is 5.10. The van der Waals surface area contributed by atoms with Crippen molar-refractivity contribution < 1.29 is 13.3 Å². The van der Waals surface area contributed by atoms with E-state index in [0.717, 1.165) is 18.2 Å². The van der Waals surface area contributed by atoms with Crippen LogP contribution in [0.25, 0.3) is 0 Å². The molecule has 0 heterocycles. The number of nitrogens with one attached hydrogen (secondary N) is 1. The zero-order valence-electron chi connectivity index (χ0n) is 11.5. The maximum Gasteiger partial charge on any atom is 0.271 e. The smallest absolute Gasteiger partial charge is 0.271 e. The van der Waals surface area contributed by atoms with Gasteiger partial charge in [-0.3, -0.25) is 10.1 Å². The average Bonchev–Trinajstić information content (AvgIpc) is 2.45. The molecule has 0 atom stereocenters. The van der Waals surface area contributed by atoms with Gasteiger partial charge in [0.15, 0.2) is 0 Å². The molecule has 0 saturated carbocycles. The zero-order valence-corrected chi connectivity index (χ0v) is 13.8. The number of anilines is 1. The monoisotopic (exact) mass is 375 g/mol. The molecule has 10 heteroatoms. The van der Waals surface area contributed by atoms with Crippen molar-refractivity contribution in [2.45, 2.75) is 11.4 Å². The van der Waals surface area contributed by atoms with Gasteiger partial charge in [-0.25, -0.2) is 13.6 Å². The van der Waals surface area contributed by atoms with Crippen molar-refractivity contribution in [3.8, 4) is 0 Å². The van der Waals surface area contributed by atoms with E-state index < -0.39 is 14.9 Å². The summed E-state index contributed by atoms with van der Waals surface area (Å²) in [6, 6.07) is 8.07. The predicted octanol–water partition coefficient (Wildman–Crippen LogP) is 3.16. The van der Waals surface area contributed by atoms with E-state index in [1.165, 1.54) is 6.07 Å². The summed E-state index contributed by atoms with van der Waals surface area (Å²) >= 11 is 11.8. The molecule has 0 saturated heterocycles. The molecule has 0 aromatic heterocycles. The Balaban J connectivity index is 2.37. The fourth-order valence-corrected chi connectivity index (χ4v) is 3.04. The van der Waals surface area contributed by atoms with E-state index in [1.54, 1.807) is 12.1 Å². The van der Waals surface area contributed by atoms with Crippen LogP contribution in [0.5, 0.6) is 0 Å². The van der Waals surface area contributed by atoms with Crippen molar-refractivity contribution >= 4 is 44.6 Å². The summed E-state index contributed by atoms with van der Waals surface area (Å²) in [6.45, 7) is 0.139. The fourth-order valence-electron chi connectivity index (χ4n) is 1.87. The lowest BCUT2D eigenvalue weighted by molar-refractivity contribution is -0.384. The van der Waals surface area contributed by atoms with Crippen LogP contribution in [0.3, 0.4) is 0 Å². The number of benzene rings is 2. The summed E-state index contributed by atoms with van der Waals surface area (Å²) in [5.41, 5.74) is 0.401. The summed E-state index contributed by atoms with van der Waals surface area (Å²) < 4.78 is 23.2. The molecule has 2 aromatic carbocycles. The molecule has 0 aliphatic rings. The van der Waals surface area contributed by atoms with Gasteiger partial charge in [0.1, 0.15) is 4.90 Å². The first-order valence-corrected chi connectivity index (χ1v) is 8.48. The number of hydrogen-bond donors (Lipinski definition) is 2. The lowest BCUT2D eigenvalue weighted by atomic mass is 10.2. The van der Waals surface area contributed by atoms with E-state index in [0.29, 0.717) is 15.6 Å². The average molecular weight is 376 g/mol. The van der Waals surface area contributed by atoms with Crippen LogP contribution >= 0.6 is 23.2 Å². The minimum atomic E-state index is -4.04. The molecule has 2 aromatic rings. The fraction of sp³-hybridized carbons (Fsp3) is 0.0769. The van der Waals surface area contributed by atoms with Crippen molar-refractivity contribution in [3.63, 3.8) is 0 Å². The Morgan fingerprint density at radius 1 is 1.17 bits per heavy atom. The third-order valence-corrected chi connectivity index (χ3v) is 4.52. The Morgan fingerprint density at radius 3 is 2.43 bits per heavy atom. The molecule has 0 aliphatic carbocycles. The van der Waals surface area contributed by atoms with Crippen LogP contribution < -0.4 is 10.5 Å².